The van der Waals surface area contributed by atoms with Gasteiger partial charge in [0.05, 0.1) is 6.61 Å². The molecule has 0 aromatic heterocycles. The van der Waals surface area contributed by atoms with Crippen molar-refractivity contribution in [1.29, 1.82) is 0 Å². The molecule has 80 valence electrons. The second-order valence-electron chi connectivity index (χ2n) is 3.72. The minimum atomic E-state index is 0.702. The first kappa shape index (κ1) is 15.1. The average Bonchev–Trinajstić information content (AvgIpc) is 2.23. The van der Waals surface area contributed by atoms with E-state index >= 15 is 0 Å². The standard InChI is InChI=1S/C12H17O.BrH.Zn/c1-10(2)8-9-13-12-7-5-4-6-11(12)3;;/h4,6-7,10H,8-9H2,1-3H3;1H;/q-1;;+2/p-1. The molecule has 1 nitrogen and oxygen atoms in total. The fraction of sp³-hybridized carbons (Fsp3) is 0.500. The van der Waals surface area contributed by atoms with E-state index < -0.39 is 0 Å². The van der Waals surface area contributed by atoms with Crippen molar-refractivity contribution in [2.45, 2.75) is 27.2 Å². The molecule has 0 aliphatic heterocycles. The first-order valence-corrected chi connectivity index (χ1v) is 12.0. The van der Waals surface area contributed by atoms with Crippen LogP contribution in [-0.2, 0) is 16.3 Å². The Kier molecular flexibility index (Phi) is 9.43. The summed E-state index contributed by atoms with van der Waals surface area (Å²) in [6, 6.07) is 8.84. The Morgan fingerprint density at radius 3 is 2.67 bits per heavy atom. The predicted octanol–water partition coefficient (Wildman–Crippen LogP) is 4.06. The zero-order valence-electron chi connectivity index (χ0n) is 9.72. The zero-order chi connectivity index (χ0) is 11.7. The van der Waals surface area contributed by atoms with Gasteiger partial charge in [-0.1, -0.05) is 20.8 Å². The molecular weight excluding hydrogens is 305 g/mol. The molecule has 0 fully saturated rings. The van der Waals surface area contributed by atoms with E-state index in [4.69, 9.17) is 4.74 Å². The van der Waals surface area contributed by atoms with Crippen molar-refractivity contribution in [2.24, 2.45) is 5.92 Å². The second kappa shape index (κ2) is 9.36. The Balaban J connectivity index is 0.000000921. The third-order valence-corrected chi connectivity index (χ3v) is 1.99. The van der Waals surface area contributed by atoms with Gasteiger partial charge < -0.3 is 4.74 Å². The third-order valence-electron chi connectivity index (χ3n) is 1.99. The second-order valence-corrected chi connectivity index (χ2v) is 3.72. The molecule has 0 N–H and O–H groups in total. The van der Waals surface area contributed by atoms with Crippen LogP contribution in [0.2, 0.25) is 0 Å². The number of rotatable bonds is 4. The molecule has 1 aromatic rings. The van der Waals surface area contributed by atoms with Crippen LogP contribution in [0.3, 0.4) is 0 Å². The summed E-state index contributed by atoms with van der Waals surface area (Å²) >= 11 is 4.25. The molecule has 0 bridgehead atoms. The van der Waals surface area contributed by atoms with Gasteiger partial charge in [0.25, 0.3) is 0 Å². The average molecular weight is 323 g/mol. The fourth-order valence-electron chi connectivity index (χ4n) is 1.05. The van der Waals surface area contributed by atoms with Crippen molar-refractivity contribution < 1.29 is 21.1 Å². The molecule has 1 rings (SSSR count). The number of hydrogen-bond donors (Lipinski definition) is 0. The van der Waals surface area contributed by atoms with Crippen LogP contribution in [0.25, 0.3) is 0 Å². The summed E-state index contributed by atoms with van der Waals surface area (Å²) in [6.07, 6.45) is 1.11. The van der Waals surface area contributed by atoms with E-state index in [0.29, 0.717) is 5.92 Å². The SMILES string of the molecule is Cc1cc[c-]cc1OCCC(C)C.[Zn+][Br]. The zero-order valence-corrected chi connectivity index (χ0v) is 14.3. The van der Waals surface area contributed by atoms with Gasteiger partial charge in [-0.25, -0.2) is 0 Å². The topological polar surface area (TPSA) is 9.23 Å². The maximum atomic E-state index is 5.62. The number of ether oxygens (including phenoxy) is 1. The number of halogens is 1. The molecule has 0 amide bonds. The molecule has 0 aliphatic carbocycles. The molecule has 0 radical (unpaired) electrons. The molecular formula is C12H17BrOZn. The van der Waals surface area contributed by atoms with Crippen LogP contribution in [0, 0.1) is 18.9 Å². The molecule has 0 unspecified atom stereocenters. The van der Waals surface area contributed by atoms with Gasteiger partial charge in [-0.15, -0.1) is 11.6 Å². The summed E-state index contributed by atoms with van der Waals surface area (Å²) in [5.41, 5.74) is 1.18. The van der Waals surface area contributed by atoms with E-state index in [-0.39, 0.29) is 0 Å². The van der Waals surface area contributed by atoms with Crippen molar-refractivity contribution >= 4 is 13.6 Å². The third kappa shape index (κ3) is 7.08. The summed E-state index contributed by atoms with van der Waals surface area (Å²) in [4.78, 5) is 0. The number of benzene rings is 1. The van der Waals surface area contributed by atoms with Crippen LogP contribution in [-0.4, -0.2) is 6.61 Å². The molecule has 1 aromatic carbocycles. The Bertz CT molecular complexity index is 264. The van der Waals surface area contributed by atoms with E-state index in [9.17, 15) is 0 Å². The first-order valence-electron chi connectivity index (χ1n) is 5.06. The molecule has 3 heteroatoms. The summed E-state index contributed by atoms with van der Waals surface area (Å²) in [6.45, 7) is 7.26. The Labute approximate surface area is 110 Å². The normalized spacial score (nSPS) is 9.53. The van der Waals surface area contributed by atoms with Gasteiger partial charge in [-0.3, -0.25) is 0 Å². The minimum absolute atomic E-state index is 0.702. The molecule has 0 saturated heterocycles. The van der Waals surface area contributed by atoms with Crippen molar-refractivity contribution in [3.8, 4) is 5.75 Å². The van der Waals surface area contributed by atoms with Crippen LogP contribution >= 0.6 is 13.6 Å². The molecule has 15 heavy (non-hydrogen) atoms. The van der Waals surface area contributed by atoms with Crippen molar-refractivity contribution in [3.63, 3.8) is 0 Å². The van der Waals surface area contributed by atoms with Crippen LogP contribution in [0.1, 0.15) is 25.8 Å². The fourth-order valence-corrected chi connectivity index (χ4v) is 1.05. The molecule has 0 atom stereocenters. The maximum absolute atomic E-state index is 5.62. The van der Waals surface area contributed by atoms with Gasteiger partial charge in [0.1, 0.15) is 0 Å². The molecule has 0 aliphatic rings. The molecule has 0 heterocycles. The van der Waals surface area contributed by atoms with Gasteiger partial charge in [-0.05, 0) is 12.3 Å². The molecule has 0 spiro atoms. The summed E-state index contributed by atoms with van der Waals surface area (Å²) in [5, 5.41) is 0. The van der Waals surface area contributed by atoms with Crippen LogP contribution < -0.4 is 4.74 Å². The van der Waals surface area contributed by atoms with Crippen molar-refractivity contribution in [3.05, 3.63) is 29.8 Å². The Hall–Kier alpha value is 0.123. The van der Waals surface area contributed by atoms with E-state index in [2.05, 4.69) is 40.5 Å². The van der Waals surface area contributed by atoms with Gasteiger partial charge in [0.2, 0.25) is 0 Å². The van der Waals surface area contributed by atoms with Crippen LogP contribution in [0.15, 0.2) is 18.2 Å². The predicted molar refractivity (Wildman–Crippen MR) is 63.9 cm³/mol. The summed E-state index contributed by atoms with van der Waals surface area (Å²) in [5.74, 6) is 1.66. The summed E-state index contributed by atoms with van der Waals surface area (Å²) in [7, 11) is 0. The van der Waals surface area contributed by atoms with Crippen molar-refractivity contribution in [1.82, 2.24) is 0 Å². The quantitative estimate of drug-likeness (QED) is 0.600. The van der Waals surface area contributed by atoms with Gasteiger partial charge in [-0.2, -0.15) is 18.2 Å². The van der Waals surface area contributed by atoms with E-state index in [0.717, 1.165) is 18.8 Å². The van der Waals surface area contributed by atoms with Gasteiger partial charge >= 0.3 is 30.0 Å². The number of hydrogen-bond acceptors (Lipinski definition) is 1. The van der Waals surface area contributed by atoms with E-state index in [1.165, 1.54) is 21.9 Å². The monoisotopic (exact) mass is 320 g/mol. The van der Waals surface area contributed by atoms with Crippen molar-refractivity contribution in [2.75, 3.05) is 6.61 Å². The first-order chi connectivity index (χ1) is 7.20. The van der Waals surface area contributed by atoms with E-state index in [1.54, 1.807) is 0 Å². The van der Waals surface area contributed by atoms with Gasteiger partial charge in [0.15, 0.2) is 0 Å². The van der Waals surface area contributed by atoms with Crippen LogP contribution in [0.5, 0.6) is 5.75 Å². The Morgan fingerprint density at radius 2 is 2.13 bits per heavy atom. The van der Waals surface area contributed by atoms with E-state index in [1.807, 2.05) is 18.2 Å². The van der Waals surface area contributed by atoms with Crippen LogP contribution in [0.4, 0.5) is 0 Å². The summed E-state index contributed by atoms with van der Waals surface area (Å²) < 4.78 is 5.62. The number of aryl methyl sites for hydroxylation is 1. The Morgan fingerprint density at radius 1 is 1.47 bits per heavy atom. The van der Waals surface area contributed by atoms with Gasteiger partial charge in [0, 0.05) is 5.75 Å². The molecule has 0 saturated carbocycles.